The van der Waals surface area contributed by atoms with Gasteiger partial charge in [-0.05, 0) is 57.6 Å². The van der Waals surface area contributed by atoms with Crippen molar-refractivity contribution in [2.75, 3.05) is 27.2 Å². The normalized spacial score (nSPS) is 14.1. The van der Waals surface area contributed by atoms with E-state index in [4.69, 9.17) is 9.90 Å². The molecule has 1 N–H and O–H groups in total. The lowest BCUT2D eigenvalue weighted by atomic mass is 10.1. The van der Waals surface area contributed by atoms with Crippen LogP contribution in [0.5, 0.6) is 5.75 Å². The van der Waals surface area contributed by atoms with Gasteiger partial charge < -0.3 is 14.7 Å². The summed E-state index contributed by atoms with van der Waals surface area (Å²) in [5.74, 6) is 0.338. The Hall–Kier alpha value is -1.55. The number of likely N-dealkylation sites (tertiary alicyclic amines) is 1. The van der Waals surface area contributed by atoms with E-state index in [1.807, 2.05) is 32.9 Å². The fraction of sp³-hybridized carbons (Fsp3) is 0.632. The highest BCUT2D eigenvalue weighted by Crippen LogP contribution is 2.09. The summed E-state index contributed by atoms with van der Waals surface area (Å²) in [5, 5.41) is 8.81. The average molecular weight is 325 g/mol. The first kappa shape index (κ1) is 23.7. The number of rotatable bonds is 1. The van der Waals surface area contributed by atoms with Gasteiger partial charge in [0.2, 0.25) is 0 Å². The molecule has 1 aliphatic rings. The van der Waals surface area contributed by atoms with Gasteiger partial charge in [0, 0.05) is 0 Å². The van der Waals surface area contributed by atoms with Gasteiger partial charge in [-0.25, -0.2) is 0 Å². The zero-order valence-electron chi connectivity index (χ0n) is 15.5. The number of ether oxygens (including phenoxy) is 1. The lowest BCUT2D eigenvalue weighted by Gasteiger charge is -2.18. The van der Waals surface area contributed by atoms with Gasteiger partial charge in [-0.15, -0.1) is 0 Å². The highest BCUT2D eigenvalue weighted by Gasteiger charge is 2.01. The minimum atomic E-state index is 0.338. The largest absolute Gasteiger partial charge is 0.508 e. The minimum absolute atomic E-state index is 0.338. The Labute approximate surface area is 142 Å². The van der Waals surface area contributed by atoms with Crippen molar-refractivity contribution >= 4 is 6.47 Å². The fourth-order valence-corrected chi connectivity index (χ4v) is 2.03. The maximum Gasteiger partial charge on any atom is 0.292 e. The molecule has 0 radical (unpaired) electrons. The highest BCUT2D eigenvalue weighted by molar-refractivity contribution is 5.36. The van der Waals surface area contributed by atoms with Crippen molar-refractivity contribution in [2.24, 2.45) is 0 Å². The van der Waals surface area contributed by atoms with E-state index in [2.05, 4.69) is 16.7 Å². The minimum Gasteiger partial charge on any atom is -0.508 e. The Morgan fingerprint density at radius 2 is 1.57 bits per heavy atom. The molecule has 0 unspecified atom stereocenters. The van der Waals surface area contributed by atoms with Gasteiger partial charge in [-0.1, -0.05) is 45.2 Å². The lowest BCUT2D eigenvalue weighted by molar-refractivity contribution is -0.126. The zero-order valence-corrected chi connectivity index (χ0v) is 15.5. The van der Waals surface area contributed by atoms with E-state index in [1.54, 1.807) is 12.1 Å². The summed E-state index contributed by atoms with van der Waals surface area (Å²) in [6, 6.07) is 7.15. The first-order valence-corrected chi connectivity index (χ1v) is 8.50. The molecule has 23 heavy (non-hydrogen) atoms. The van der Waals surface area contributed by atoms with Crippen LogP contribution in [0, 0.1) is 6.92 Å². The standard InChI is InChI=1S/C8H17N.C7H8O.C2H4O2.C2H6/c1-9-7-5-3-2-4-6-8-9;1-6-3-2-4-7(8)5-6;1-4-2-3;1-2/h2-8H2,1H3;2-5,8H,1H3;2H,1H3;1-2H3. The van der Waals surface area contributed by atoms with Crippen LogP contribution >= 0.6 is 0 Å². The van der Waals surface area contributed by atoms with Gasteiger partial charge in [0.15, 0.2) is 0 Å². The number of phenolic OH excluding ortho intramolecular Hbond substituents is 1. The van der Waals surface area contributed by atoms with Crippen LogP contribution in [0.4, 0.5) is 0 Å². The maximum atomic E-state index is 8.95. The molecule has 0 saturated carbocycles. The molecular formula is C19H35NO3. The van der Waals surface area contributed by atoms with Gasteiger partial charge in [-0.2, -0.15) is 0 Å². The van der Waals surface area contributed by atoms with Crippen molar-refractivity contribution in [3.05, 3.63) is 29.8 Å². The third-order valence-electron chi connectivity index (χ3n) is 3.18. The second-order valence-corrected chi connectivity index (χ2v) is 5.24. The number of phenols is 1. The molecule has 1 aromatic rings. The van der Waals surface area contributed by atoms with E-state index in [1.165, 1.54) is 52.3 Å². The third-order valence-corrected chi connectivity index (χ3v) is 3.18. The second kappa shape index (κ2) is 18.5. The molecule has 2 rings (SSSR count). The summed E-state index contributed by atoms with van der Waals surface area (Å²) >= 11 is 0. The van der Waals surface area contributed by atoms with Crippen LogP contribution in [-0.2, 0) is 9.53 Å². The summed E-state index contributed by atoms with van der Waals surface area (Å²) < 4.78 is 3.86. The van der Waals surface area contributed by atoms with E-state index in [0.29, 0.717) is 12.2 Å². The van der Waals surface area contributed by atoms with Gasteiger partial charge in [0.25, 0.3) is 6.47 Å². The molecular weight excluding hydrogens is 290 g/mol. The van der Waals surface area contributed by atoms with Crippen molar-refractivity contribution in [1.82, 2.24) is 4.90 Å². The average Bonchev–Trinajstić information content (AvgIpc) is 2.53. The van der Waals surface area contributed by atoms with Gasteiger partial charge in [0.05, 0.1) is 7.11 Å². The van der Waals surface area contributed by atoms with Crippen LogP contribution in [-0.4, -0.2) is 43.7 Å². The lowest BCUT2D eigenvalue weighted by Crippen LogP contribution is -2.22. The molecule has 4 heteroatoms. The number of carbonyl (C=O) groups excluding carboxylic acids is 1. The molecule has 0 bridgehead atoms. The van der Waals surface area contributed by atoms with E-state index in [9.17, 15) is 0 Å². The first-order valence-electron chi connectivity index (χ1n) is 8.50. The summed E-state index contributed by atoms with van der Waals surface area (Å²) in [7, 11) is 3.54. The van der Waals surface area contributed by atoms with Crippen molar-refractivity contribution in [3.8, 4) is 5.75 Å². The molecule has 0 aliphatic carbocycles. The van der Waals surface area contributed by atoms with E-state index in [-0.39, 0.29) is 0 Å². The van der Waals surface area contributed by atoms with E-state index < -0.39 is 0 Å². The Morgan fingerprint density at radius 1 is 1.09 bits per heavy atom. The molecule has 0 amide bonds. The van der Waals surface area contributed by atoms with Crippen LogP contribution in [0.25, 0.3) is 0 Å². The predicted octanol–water partition coefficient (Wildman–Crippen LogP) is 4.40. The highest BCUT2D eigenvalue weighted by atomic mass is 16.5. The van der Waals surface area contributed by atoms with Crippen molar-refractivity contribution < 1.29 is 14.6 Å². The molecule has 1 fully saturated rings. The number of hydrogen-bond donors (Lipinski definition) is 1. The smallest absolute Gasteiger partial charge is 0.292 e. The molecule has 1 heterocycles. The van der Waals surface area contributed by atoms with Crippen LogP contribution in [0.2, 0.25) is 0 Å². The number of aromatic hydroxyl groups is 1. The topological polar surface area (TPSA) is 49.8 Å². The van der Waals surface area contributed by atoms with Crippen molar-refractivity contribution in [2.45, 2.75) is 52.9 Å². The molecule has 1 saturated heterocycles. The van der Waals surface area contributed by atoms with Crippen LogP contribution in [0.3, 0.4) is 0 Å². The van der Waals surface area contributed by atoms with Crippen LogP contribution < -0.4 is 0 Å². The number of benzene rings is 1. The Bertz CT molecular complexity index is 344. The van der Waals surface area contributed by atoms with Gasteiger partial charge in [-0.3, -0.25) is 4.79 Å². The van der Waals surface area contributed by atoms with Crippen LogP contribution in [0.15, 0.2) is 24.3 Å². The molecule has 0 atom stereocenters. The monoisotopic (exact) mass is 325 g/mol. The molecule has 134 valence electrons. The fourth-order valence-electron chi connectivity index (χ4n) is 2.03. The van der Waals surface area contributed by atoms with Gasteiger partial charge in [0.1, 0.15) is 5.75 Å². The Morgan fingerprint density at radius 3 is 1.91 bits per heavy atom. The zero-order chi connectivity index (χ0) is 17.9. The molecule has 1 aromatic carbocycles. The number of carbonyl (C=O) groups is 1. The summed E-state index contributed by atoms with van der Waals surface area (Å²) in [5.41, 5.74) is 1.09. The Kier molecular flexibility index (Phi) is 19.1. The number of hydrogen-bond acceptors (Lipinski definition) is 4. The molecule has 1 aliphatic heterocycles. The molecule has 0 aromatic heterocycles. The summed E-state index contributed by atoms with van der Waals surface area (Å²) in [4.78, 5) is 11.4. The van der Waals surface area contributed by atoms with Crippen molar-refractivity contribution in [3.63, 3.8) is 0 Å². The SMILES string of the molecule is CC.CN1CCCCCCC1.COC=O.Cc1cccc(O)c1. The molecule has 4 nitrogen and oxygen atoms in total. The maximum absolute atomic E-state index is 8.95. The van der Waals surface area contributed by atoms with Crippen molar-refractivity contribution in [1.29, 1.82) is 0 Å². The van der Waals surface area contributed by atoms with E-state index in [0.717, 1.165) is 5.56 Å². The quantitative estimate of drug-likeness (QED) is 0.778. The number of aryl methyl sites for hydroxylation is 1. The predicted molar refractivity (Wildman–Crippen MR) is 97.8 cm³/mol. The third kappa shape index (κ3) is 18.4. The van der Waals surface area contributed by atoms with E-state index >= 15 is 0 Å². The second-order valence-electron chi connectivity index (χ2n) is 5.24. The Balaban J connectivity index is 0. The molecule has 0 spiro atoms. The van der Waals surface area contributed by atoms with Gasteiger partial charge >= 0.3 is 0 Å². The summed E-state index contributed by atoms with van der Waals surface area (Å²) in [6.07, 6.45) is 7.19. The summed E-state index contributed by atoms with van der Waals surface area (Å²) in [6.45, 7) is 8.96. The number of nitrogens with zero attached hydrogens (tertiary/aromatic N) is 1. The first-order chi connectivity index (χ1) is 11.1. The van der Waals surface area contributed by atoms with Crippen LogP contribution in [0.1, 0.15) is 51.5 Å². The number of methoxy groups -OCH3 is 1.